The Morgan fingerprint density at radius 2 is 2.00 bits per heavy atom. The highest BCUT2D eigenvalue weighted by Gasteiger charge is 2.11. The highest BCUT2D eigenvalue weighted by atomic mass is 16.5. The molecule has 17 heavy (non-hydrogen) atoms. The first-order valence-electron chi connectivity index (χ1n) is 6.10. The van der Waals surface area contributed by atoms with Gasteiger partial charge in [0.05, 0.1) is 7.11 Å². The maximum atomic E-state index is 11.2. The van der Waals surface area contributed by atoms with Gasteiger partial charge in [0.1, 0.15) is 6.04 Å². The maximum absolute atomic E-state index is 11.2. The molecule has 1 unspecified atom stereocenters. The second-order valence-corrected chi connectivity index (χ2v) is 4.19. The van der Waals surface area contributed by atoms with Gasteiger partial charge in [0.2, 0.25) is 0 Å². The van der Waals surface area contributed by atoms with E-state index in [9.17, 15) is 4.79 Å². The molecule has 0 saturated heterocycles. The summed E-state index contributed by atoms with van der Waals surface area (Å²) < 4.78 is 4.66. The fourth-order valence-corrected chi connectivity index (χ4v) is 1.63. The number of carbonyl (C=O) groups is 1. The van der Waals surface area contributed by atoms with E-state index in [-0.39, 0.29) is 12.0 Å². The molecule has 0 bridgehead atoms. The zero-order chi connectivity index (χ0) is 12.7. The second-order valence-electron chi connectivity index (χ2n) is 4.19. The number of ether oxygens (including phenoxy) is 1. The molecule has 0 spiro atoms. The summed E-state index contributed by atoms with van der Waals surface area (Å²) in [7, 11) is 1.40. The van der Waals surface area contributed by atoms with Gasteiger partial charge in [-0.3, -0.25) is 0 Å². The summed E-state index contributed by atoms with van der Waals surface area (Å²) in [5, 5.41) is 3.10. The lowest BCUT2D eigenvalue weighted by atomic mass is 10.1. The number of hydrogen-bond acceptors (Lipinski definition) is 3. The Bertz CT molecular complexity index is 346. The van der Waals surface area contributed by atoms with Crippen LogP contribution in [0.1, 0.15) is 32.3 Å². The minimum atomic E-state index is -0.318. The van der Waals surface area contributed by atoms with Gasteiger partial charge in [-0.15, -0.1) is 0 Å². The van der Waals surface area contributed by atoms with Crippen molar-refractivity contribution in [1.82, 2.24) is 0 Å². The van der Waals surface area contributed by atoms with Crippen molar-refractivity contribution in [2.24, 2.45) is 0 Å². The molecule has 0 heterocycles. The number of hydrogen-bond donors (Lipinski definition) is 1. The number of aryl methyl sites for hydroxylation is 1. The van der Waals surface area contributed by atoms with Crippen LogP contribution in [0.25, 0.3) is 0 Å². The average Bonchev–Trinajstić information content (AvgIpc) is 2.37. The number of methoxy groups -OCH3 is 1. The van der Waals surface area contributed by atoms with E-state index in [4.69, 9.17) is 0 Å². The summed E-state index contributed by atoms with van der Waals surface area (Å²) in [6, 6.07) is 7.89. The number of carbonyl (C=O) groups excluding carboxylic acids is 1. The van der Waals surface area contributed by atoms with E-state index in [2.05, 4.69) is 29.1 Å². The van der Waals surface area contributed by atoms with Crippen LogP contribution in [0.2, 0.25) is 0 Å². The van der Waals surface area contributed by atoms with E-state index >= 15 is 0 Å². The monoisotopic (exact) mass is 235 g/mol. The van der Waals surface area contributed by atoms with Crippen molar-refractivity contribution in [2.45, 2.75) is 39.2 Å². The zero-order valence-electron chi connectivity index (χ0n) is 10.8. The van der Waals surface area contributed by atoms with E-state index in [1.54, 1.807) is 6.92 Å². The molecule has 0 aliphatic heterocycles. The van der Waals surface area contributed by atoms with E-state index in [0.29, 0.717) is 0 Å². The Labute approximate surface area is 103 Å². The minimum Gasteiger partial charge on any atom is -0.467 e. The third-order valence-electron chi connectivity index (χ3n) is 2.71. The molecular weight excluding hydrogens is 214 g/mol. The van der Waals surface area contributed by atoms with Crippen molar-refractivity contribution in [3.8, 4) is 0 Å². The molecule has 0 aliphatic carbocycles. The van der Waals surface area contributed by atoms with E-state index in [1.807, 2.05) is 12.1 Å². The van der Waals surface area contributed by atoms with Crippen LogP contribution in [-0.4, -0.2) is 19.1 Å². The quantitative estimate of drug-likeness (QED) is 0.770. The number of esters is 1. The second kappa shape index (κ2) is 6.94. The average molecular weight is 235 g/mol. The van der Waals surface area contributed by atoms with Gasteiger partial charge in [-0.25, -0.2) is 4.79 Å². The third kappa shape index (κ3) is 4.47. The largest absolute Gasteiger partial charge is 0.467 e. The first-order valence-corrected chi connectivity index (χ1v) is 6.10. The molecule has 1 rings (SSSR count). The molecule has 0 aliphatic rings. The summed E-state index contributed by atoms with van der Waals surface area (Å²) in [5.41, 5.74) is 2.28. The van der Waals surface area contributed by atoms with Crippen molar-refractivity contribution < 1.29 is 9.53 Å². The maximum Gasteiger partial charge on any atom is 0.327 e. The van der Waals surface area contributed by atoms with Crippen molar-refractivity contribution in [3.63, 3.8) is 0 Å². The SMILES string of the molecule is CCCCc1ccc(NC(C)C(=O)OC)cc1. The van der Waals surface area contributed by atoms with Crippen LogP contribution in [-0.2, 0) is 16.0 Å². The van der Waals surface area contributed by atoms with Gasteiger partial charge in [0.15, 0.2) is 0 Å². The fourth-order valence-electron chi connectivity index (χ4n) is 1.63. The summed E-state index contributed by atoms with van der Waals surface area (Å²) in [4.78, 5) is 11.2. The molecule has 0 fully saturated rings. The van der Waals surface area contributed by atoms with Gasteiger partial charge in [0.25, 0.3) is 0 Å². The van der Waals surface area contributed by atoms with Crippen LogP contribution in [0.4, 0.5) is 5.69 Å². The number of unbranched alkanes of at least 4 members (excludes halogenated alkanes) is 1. The van der Waals surface area contributed by atoms with Gasteiger partial charge >= 0.3 is 5.97 Å². The zero-order valence-corrected chi connectivity index (χ0v) is 10.8. The lowest BCUT2D eigenvalue weighted by Crippen LogP contribution is -2.27. The van der Waals surface area contributed by atoms with E-state index in [0.717, 1.165) is 12.1 Å². The molecule has 0 saturated carbocycles. The van der Waals surface area contributed by atoms with Crippen LogP contribution in [0.15, 0.2) is 24.3 Å². The van der Waals surface area contributed by atoms with Crippen LogP contribution in [0, 0.1) is 0 Å². The molecule has 3 nitrogen and oxygen atoms in total. The summed E-state index contributed by atoms with van der Waals surface area (Å²) in [5.74, 6) is -0.250. The first kappa shape index (κ1) is 13.6. The number of benzene rings is 1. The number of anilines is 1. The van der Waals surface area contributed by atoms with Crippen molar-refractivity contribution in [2.75, 3.05) is 12.4 Å². The van der Waals surface area contributed by atoms with Crippen LogP contribution >= 0.6 is 0 Å². The molecule has 0 radical (unpaired) electrons. The van der Waals surface area contributed by atoms with Crippen molar-refractivity contribution in [1.29, 1.82) is 0 Å². The van der Waals surface area contributed by atoms with Gasteiger partial charge in [-0.1, -0.05) is 25.5 Å². The van der Waals surface area contributed by atoms with Crippen molar-refractivity contribution in [3.05, 3.63) is 29.8 Å². The highest BCUT2D eigenvalue weighted by Crippen LogP contribution is 2.13. The molecule has 3 heteroatoms. The Kier molecular flexibility index (Phi) is 5.53. The van der Waals surface area contributed by atoms with Gasteiger partial charge in [0, 0.05) is 5.69 Å². The Morgan fingerprint density at radius 1 is 1.35 bits per heavy atom. The lowest BCUT2D eigenvalue weighted by Gasteiger charge is -2.13. The molecule has 0 aromatic heterocycles. The minimum absolute atomic E-state index is 0.250. The van der Waals surface area contributed by atoms with Crippen LogP contribution in [0.5, 0.6) is 0 Å². The topological polar surface area (TPSA) is 38.3 Å². The molecule has 1 aromatic carbocycles. The molecule has 1 N–H and O–H groups in total. The first-order chi connectivity index (χ1) is 8.17. The van der Waals surface area contributed by atoms with Crippen LogP contribution in [0.3, 0.4) is 0 Å². The van der Waals surface area contributed by atoms with Gasteiger partial charge in [-0.05, 0) is 37.5 Å². The van der Waals surface area contributed by atoms with Crippen LogP contribution < -0.4 is 5.32 Å². The molecular formula is C14H21NO2. The fraction of sp³-hybridized carbons (Fsp3) is 0.500. The smallest absolute Gasteiger partial charge is 0.327 e. The number of rotatable bonds is 6. The highest BCUT2D eigenvalue weighted by molar-refractivity contribution is 5.78. The molecule has 94 valence electrons. The van der Waals surface area contributed by atoms with Crippen molar-refractivity contribution >= 4 is 11.7 Å². The normalized spacial score (nSPS) is 11.9. The number of nitrogens with one attached hydrogen (secondary N) is 1. The molecule has 1 atom stereocenters. The van der Waals surface area contributed by atoms with E-state index < -0.39 is 0 Å². The Balaban J connectivity index is 2.53. The van der Waals surface area contributed by atoms with E-state index in [1.165, 1.54) is 25.5 Å². The predicted molar refractivity (Wildman–Crippen MR) is 70.2 cm³/mol. The van der Waals surface area contributed by atoms with Gasteiger partial charge < -0.3 is 10.1 Å². The lowest BCUT2D eigenvalue weighted by molar-refractivity contribution is -0.141. The third-order valence-corrected chi connectivity index (χ3v) is 2.71. The summed E-state index contributed by atoms with van der Waals surface area (Å²) in [6.45, 7) is 3.98. The molecule has 1 aromatic rings. The summed E-state index contributed by atoms with van der Waals surface area (Å²) in [6.07, 6.45) is 3.54. The molecule has 0 amide bonds. The Morgan fingerprint density at radius 3 is 2.53 bits per heavy atom. The standard InChI is InChI=1S/C14H21NO2/c1-4-5-6-12-7-9-13(10-8-12)15-11(2)14(16)17-3/h7-11,15H,4-6H2,1-3H3. The Hall–Kier alpha value is -1.51. The van der Waals surface area contributed by atoms with Gasteiger partial charge in [-0.2, -0.15) is 0 Å². The predicted octanol–water partition coefficient (Wildman–Crippen LogP) is 3.00. The summed E-state index contributed by atoms with van der Waals surface area (Å²) >= 11 is 0.